The van der Waals surface area contributed by atoms with E-state index in [1.165, 1.54) is 24.6 Å². The third-order valence-corrected chi connectivity index (χ3v) is 6.60. The highest BCUT2D eigenvalue weighted by Crippen LogP contribution is 2.28. The molecule has 9 heteroatoms. The minimum atomic E-state index is -3.54. The van der Waals surface area contributed by atoms with Gasteiger partial charge in [0.05, 0.1) is 16.5 Å². The van der Waals surface area contributed by atoms with Crippen molar-refractivity contribution in [3.8, 4) is 5.75 Å². The van der Waals surface area contributed by atoms with Crippen LogP contribution < -0.4 is 14.8 Å². The highest BCUT2D eigenvalue weighted by Gasteiger charge is 2.14. The number of fused-ring (bicyclic) bond motifs is 3. The molecule has 32 heavy (non-hydrogen) atoms. The third-order valence-electron chi connectivity index (χ3n) is 5.18. The first-order valence-electron chi connectivity index (χ1n) is 10.0. The Morgan fingerprint density at radius 1 is 1.00 bits per heavy atom. The van der Waals surface area contributed by atoms with Crippen molar-refractivity contribution in [3.63, 3.8) is 0 Å². The van der Waals surface area contributed by atoms with Crippen molar-refractivity contribution in [2.45, 2.75) is 11.0 Å². The number of H-pyrrole nitrogens is 1. The summed E-state index contributed by atoms with van der Waals surface area (Å²) in [4.78, 5) is 3.52. The number of aliphatic hydroxyl groups excluding tert-OH is 1. The van der Waals surface area contributed by atoms with Crippen molar-refractivity contribution in [1.82, 2.24) is 15.0 Å². The molecule has 1 aromatic heterocycles. The second-order valence-corrected chi connectivity index (χ2v) is 9.11. The van der Waals surface area contributed by atoms with Gasteiger partial charge in [-0.3, -0.25) is 0 Å². The topological polar surface area (TPSA) is 103 Å². The van der Waals surface area contributed by atoms with Crippen LogP contribution in [-0.2, 0) is 10.0 Å². The zero-order valence-electron chi connectivity index (χ0n) is 17.5. The minimum absolute atomic E-state index is 0. The lowest BCUT2D eigenvalue weighted by atomic mass is 10.1. The van der Waals surface area contributed by atoms with Crippen LogP contribution >= 0.6 is 12.4 Å². The number of halogens is 1. The van der Waals surface area contributed by atoms with Crippen molar-refractivity contribution >= 4 is 44.2 Å². The Kier molecular flexibility index (Phi) is 7.76. The summed E-state index contributed by atoms with van der Waals surface area (Å²) in [6, 6.07) is 20.4. The lowest BCUT2D eigenvalue weighted by Gasteiger charge is -2.14. The Labute approximate surface area is 193 Å². The summed E-state index contributed by atoms with van der Waals surface area (Å²) in [7, 11) is -2.19. The highest BCUT2D eigenvalue weighted by molar-refractivity contribution is 7.89. The van der Waals surface area contributed by atoms with Crippen molar-refractivity contribution in [2.75, 3.05) is 26.7 Å². The molecular weight excluding hydrogens is 450 g/mol. The summed E-state index contributed by atoms with van der Waals surface area (Å²) in [6.45, 7) is 1.26. The molecule has 4 aromatic rings. The number of aromatic amines is 1. The van der Waals surface area contributed by atoms with Gasteiger partial charge in [0.1, 0.15) is 12.4 Å². The fourth-order valence-corrected chi connectivity index (χ4v) is 4.31. The van der Waals surface area contributed by atoms with Crippen molar-refractivity contribution in [3.05, 3.63) is 72.3 Å². The molecule has 0 aliphatic carbocycles. The molecular formula is C23H26ClN3O4S. The van der Waals surface area contributed by atoms with Gasteiger partial charge in [-0.1, -0.05) is 30.3 Å². The second kappa shape index (κ2) is 10.3. The molecule has 1 atom stereocenters. The minimum Gasteiger partial charge on any atom is -0.492 e. The third kappa shape index (κ3) is 5.23. The Morgan fingerprint density at radius 3 is 2.59 bits per heavy atom. The molecule has 0 aliphatic heterocycles. The molecule has 0 aliphatic rings. The number of nitrogens with one attached hydrogen (secondary N) is 3. The number of para-hydroxylation sites is 1. The van der Waals surface area contributed by atoms with Gasteiger partial charge in [0.15, 0.2) is 0 Å². The first-order chi connectivity index (χ1) is 15.0. The molecule has 0 saturated heterocycles. The molecule has 0 spiro atoms. The predicted molar refractivity (Wildman–Crippen MR) is 129 cm³/mol. The Morgan fingerprint density at radius 2 is 1.78 bits per heavy atom. The Balaban J connectivity index is 0.00000289. The number of aromatic nitrogens is 1. The van der Waals surface area contributed by atoms with Gasteiger partial charge >= 0.3 is 0 Å². The summed E-state index contributed by atoms with van der Waals surface area (Å²) >= 11 is 0. The van der Waals surface area contributed by atoms with Gasteiger partial charge < -0.3 is 20.1 Å². The van der Waals surface area contributed by atoms with E-state index in [0.717, 1.165) is 22.2 Å². The van der Waals surface area contributed by atoms with Gasteiger partial charge in [-0.05, 0) is 42.9 Å². The lowest BCUT2D eigenvalue weighted by Crippen LogP contribution is -2.26. The van der Waals surface area contributed by atoms with E-state index >= 15 is 0 Å². The summed E-state index contributed by atoms with van der Waals surface area (Å²) in [6.07, 6.45) is -0.824. The molecule has 0 amide bonds. The van der Waals surface area contributed by atoms with E-state index in [4.69, 9.17) is 4.74 Å². The normalized spacial score (nSPS) is 12.6. The van der Waals surface area contributed by atoms with Gasteiger partial charge in [-0.25, -0.2) is 13.1 Å². The van der Waals surface area contributed by atoms with E-state index < -0.39 is 16.1 Å². The first kappa shape index (κ1) is 24.0. The quantitative estimate of drug-likeness (QED) is 0.278. The molecule has 170 valence electrons. The van der Waals surface area contributed by atoms with E-state index in [0.29, 0.717) is 18.7 Å². The average Bonchev–Trinajstić information content (AvgIpc) is 3.16. The molecule has 0 bridgehead atoms. The van der Waals surface area contributed by atoms with Crippen LogP contribution in [0.15, 0.2) is 71.6 Å². The number of ether oxygens (including phenoxy) is 1. The van der Waals surface area contributed by atoms with Gasteiger partial charge in [0, 0.05) is 35.4 Å². The average molecular weight is 476 g/mol. The fraction of sp³-hybridized carbons (Fsp3) is 0.217. The first-order valence-corrected chi connectivity index (χ1v) is 11.5. The molecule has 0 saturated carbocycles. The molecule has 4 rings (SSSR count). The number of aliphatic hydroxyl groups is 1. The zero-order valence-corrected chi connectivity index (χ0v) is 19.2. The SMILES string of the molecule is CNS(=O)(=O)c1cccc(C(O)CNCCOc2ccc3c(c2)[nH]c2ccccc23)c1.Cl. The Hall–Kier alpha value is -2.62. The van der Waals surface area contributed by atoms with Crippen molar-refractivity contribution in [2.24, 2.45) is 0 Å². The van der Waals surface area contributed by atoms with E-state index in [2.05, 4.69) is 27.2 Å². The molecule has 7 nitrogen and oxygen atoms in total. The van der Waals surface area contributed by atoms with Gasteiger partial charge in [0.2, 0.25) is 10.0 Å². The standard InChI is InChI=1S/C23H25N3O4S.ClH/c1-24-31(28,29)18-6-4-5-16(13-18)23(27)15-25-11-12-30-17-9-10-20-19-7-2-3-8-21(19)26-22(20)14-17;/h2-10,13-14,23-27H,11-12,15H2,1H3;1H. The second-order valence-electron chi connectivity index (χ2n) is 7.23. The van der Waals surface area contributed by atoms with Crippen LogP contribution in [0, 0.1) is 0 Å². The number of benzene rings is 3. The largest absolute Gasteiger partial charge is 0.492 e. The summed E-state index contributed by atoms with van der Waals surface area (Å²) < 4.78 is 31.9. The zero-order chi connectivity index (χ0) is 21.8. The molecule has 1 heterocycles. The summed E-state index contributed by atoms with van der Waals surface area (Å²) in [5.74, 6) is 0.770. The van der Waals surface area contributed by atoms with Gasteiger partial charge in [-0.15, -0.1) is 12.4 Å². The molecule has 0 radical (unpaired) electrons. The van der Waals surface area contributed by atoms with E-state index in [9.17, 15) is 13.5 Å². The monoisotopic (exact) mass is 475 g/mol. The van der Waals surface area contributed by atoms with E-state index in [1.54, 1.807) is 12.1 Å². The number of rotatable bonds is 9. The maximum Gasteiger partial charge on any atom is 0.240 e. The molecule has 3 aromatic carbocycles. The van der Waals surface area contributed by atoms with Crippen LogP contribution in [-0.4, -0.2) is 45.3 Å². The van der Waals surface area contributed by atoms with Crippen LogP contribution in [0.5, 0.6) is 5.75 Å². The summed E-state index contributed by atoms with van der Waals surface area (Å²) in [5.41, 5.74) is 2.66. The number of sulfonamides is 1. The molecule has 1 unspecified atom stereocenters. The fourth-order valence-electron chi connectivity index (χ4n) is 3.53. The van der Waals surface area contributed by atoms with E-state index in [1.807, 2.05) is 30.3 Å². The van der Waals surface area contributed by atoms with Crippen LogP contribution in [0.4, 0.5) is 0 Å². The van der Waals surface area contributed by atoms with E-state index in [-0.39, 0.29) is 23.8 Å². The maximum atomic E-state index is 11.9. The van der Waals surface area contributed by atoms with Crippen LogP contribution in [0.25, 0.3) is 21.8 Å². The van der Waals surface area contributed by atoms with Gasteiger partial charge in [0.25, 0.3) is 0 Å². The van der Waals surface area contributed by atoms with Crippen LogP contribution in [0.1, 0.15) is 11.7 Å². The predicted octanol–water partition coefficient (Wildman–Crippen LogP) is 3.35. The number of hydrogen-bond acceptors (Lipinski definition) is 5. The van der Waals surface area contributed by atoms with Crippen molar-refractivity contribution in [1.29, 1.82) is 0 Å². The molecule has 0 fully saturated rings. The summed E-state index contributed by atoms with van der Waals surface area (Å²) in [5, 5.41) is 15.8. The lowest BCUT2D eigenvalue weighted by molar-refractivity contribution is 0.171. The molecule has 4 N–H and O–H groups in total. The maximum absolute atomic E-state index is 11.9. The van der Waals surface area contributed by atoms with Crippen molar-refractivity contribution < 1.29 is 18.3 Å². The Bertz CT molecular complexity index is 1310. The van der Waals surface area contributed by atoms with Crippen LogP contribution in [0.2, 0.25) is 0 Å². The smallest absolute Gasteiger partial charge is 0.240 e. The van der Waals surface area contributed by atoms with Gasteiger partial charge in [-0.2, -0.15) is 0 Å². The number of hydrogen-bond donors (Lipinski definition) is 4. The highest BCUT2D eigenvalue weighted by atomic mass is 35.5. The van der Waals surface area contributed by atoms with Crippen LogP contribution in [0.3, 0.4) is 0 Å².